The van der Waals surface area contributed by atoms with Crippen molar-refractivity contribution in [1.82, 2.24) is 10.6 Å². The summed E-state index contributed by atoms with van der Waals surface area (Å²) in [5.41, 5.74) is 2.02. The maximum absolute atomic E-state index is 13.7. The van der Waals surface area contributed by atoms with Crippen LogP contribution in [0.1, 0.15) is 36.8 Å². The second-order valence-electron chi connectivity index (χ2n) is 8.47. The van der Waals surface area contributed by atoms with E-state index in [4.69, 9.17) is 4.74 Å². The number of aliphatic imine (C=N–C) groups is 1. The molecule has 2 aromatic rings. The predicted octanol–water partition coefficient (Wildman–Crippen LogP) is 4.53. The molecule has 2 N–H and O–H groups in total. The lowest BCUT2D eigenvalue weighted by atomic mass is 9.74. The van der Waals surface area contributed by atoms with Crippen LogP contribution in [-0.2, 0) is 15.6 Å². The molecule has 1 saturated carbocycles. The summed E-state index contributed by atoms with van der Waals surface area (Å²) >= 11 is 0. The van der Waals surface area contributed by atoms with Gasteiger partial charge >= 0.3 is 0 Å². The Morgan fingerprint density at radius 2 is 1.48 bits per heavy atom. The largest absolute Gasteiger partial charge is 0.381 e. The van der Waals surface area contributed by atoms with Crippen LogP contribution in [0.25, 0.3) is 0 Å². The van der Waals surface area contributed by atoms with Gasteiger partial charge in [0.2, 0.25) is 0 Å². The number of hydrogen-bond donors (Lipinski definition) is 2. The van der Waals surface area contributed by atoms with Crippen molar-refractivity contribution in [1.29, 1.82) is 0 Å². The minimum atomic E-state index is -0.224. The van der Waals surface area contributed by atoms with Gasteiger partial charge in [-0.1, -0.05) is 24.3 Å². The van der Waals surface area contributed by atoms with Crippen molar-refractivity contribution in [3.05, 3.63) is 71.3 Å². The van der Waals surface area contributed by atoms with E-state index in [-0.39, 0.29) is 46.4 Å². The molecule has 0 unspecified atom stereocenters. The molecule has 1 heterocycles. The molecule has 0 atom stereocenters. The van der Waals surface area contributed by atoms with E-state index in [1.165, 1.54) is 18.2 Å². The van der Waals surface area contributed by atoms with Gasteiger partial charge in [-0.2, -0.15) is 0 Å². The van der Waals surface area contributed by atoms with Crippen LogP contribution >= 0.6 is 24.0 Å². The van der Waals surface area contributed by atoms with Crippen molar-refractivity contribution in [2.24, 2.45) is 4.99 Å². The highest BCUT2D eigenvalue weighted by atomic mass is 127. The van der Waals surface area contributed by atoms with E-state index in [1.54, 1.807) is 19.2 Å². The zero-order chi connectivity index (χ0) is 21.0. The van der Waals surface area contributed by atoms with E-state index in [2.05, 4.69) is 15.6 Å². The van der Waals surface area contributed by atoms with Crippen LogP contribution in [0.2, 0.25) is 0 Å². The van der Waals surface area contributed by atoms with Gasteiger partial charge in [0.1, 0.15) is 11.6 Å². The summed E-state index contributed by atoms with van der Waals surface area (Å²) < 4.78 is 32.7. The van der Waals surface area contributed by atoms with Crippen molar-refractivity contribution in [2.45, 2.75) is 36.5 Å². The Morgan fingerprint density at radius 3 is 2.03 bits per heavy atom. The Labute approximate surface area is 199 Å². The second-order valence-corrected chi connectivity index (χ2v) is 8.47. The van der Waals surface area contributed by atoms with Crippen molar-refractivity contribution in [3.63, 3.8) is 0 Å². The average Bonchev–Trinajstić information content (AvgIpc) is 3.56. The number of benzene rings is 2. The summed E-state index contributed by atoms with van der Waals surface area (Å²) in [6, 6.07) is 13.7. The number of nitrogens with one attached hydrogen (secondary N) is 2. The van der Waals surface area contributed by atoms with Gasteiger partial charge in [-0.05, 0) is 61.1 Å². The van der Waals surface area contributed by atoms with Crippen LogP contribution in [0.15, 0.2) is 53.5 Å². The number of hydrogen-bond acceptors (Lipinski definition) is 2. The molecule has 2 aliphatic rings. The van der Waals surface area contributed by atoms with Gasteiger partial charge in [0.05, 0.1) is 0 Å². The molecule has 4 rings (SSSR count). The lowest BCUT2D eigenvalue weighted by Gasteiger charge is -2.38. The van der Waals surface area contributed by atoms with Crippen molar-refractivity contribution >= 4 is 29.9 Å². The van der Waals surface area contributed by atoms with Gasteiger partial charge in [-0.25, -0.2) is 8.78 Å². The Bertz CT molecular complexity index is 894. The molecule has 4 nitrogen and oxygen atoms in total. The smallest absolute Gasteiger partial charge is 0.191 e. The zero-order valence-electron chi connectivity index (χ0n) is 17.8. The van der Waals surface area contributed by atoms with Gasteiger partial charge < -0.3 is 15.4 Å². The third kappa shape index (κ3) is 5.55. The molecule has 0 radical (unpaired) electrons. The average molecular weight is 541 g/mol. The first-order valence-electron chi connectivity index (χ1n) is 10.6. The molecule has 1 aliphatic heterocycles. The fraction of sp³-hybridized carbons (Fsp3) is 0.458. The summed E-state index contributed by atoms with van der Waals surface area (Å²) in [6.07, 6.45) is 3.82. The fourth-order valence-electron chi connectivity index (χ4n) is 4.40. The highest BCUT2D eigenvalue weighted by Crippen LogP contribution is 2.47. The van der Waals surface area contributed by atoms with Crippen LogP contribution < -0.4 is 10.6 Å². The molecule has 2 fully saturated rings. The van der Waals surface area contributed by atoms with E-state index in [9.17, 15) is 8.78 Å². The highest BCUT2D eigenvalue weighted by Gasteiger charge is 2.44. The van der Waals surface area contributed by atoms with Gasteiger partial charge in [0, 0.05) is 44.2 Å². The van der Waals surface area contributed by atoms with Gasteiger partial charge in [0.25, 0.3) is 0 Å². The summed E-state index contributed by atoms with van der Waals surface area (Å²) in [5.74, 6) is 0.311. The maximum atomic E-state index is 13.7. The lowest BCUT2D eigenvalue weighted by molar-refractivity contribution is 0.0513. The van der Waals surface area contributed by atoms with E-state index in [0.29, 0.717) is 26.3 Å². The monoisotopic (exact) mass is 541 g/mol. The van der Waals surface area contributed by atoms with Crippen molar-refractivity contribution < 1.29 is 13.5 Å². The predicted molar refractivity (Wildman–Crippen MR) is 130 cm³/mol. The van der Waals surface area contributed by atoms with E-state index in [0.717, 1.165) is 42.8 Å². The summed E-state index contributed by atoms with van der Waals surface area (Å²) in [4.78, 5) is 4.38. The first-order chi connectivity index (χ1) is 14.6. The van der Waals surface area contributed by atoms with Crippen molar-refractivity contribution in [2.75, 3.05) is 33.4 Å². The quantitative estimate of drug-likeness (QED) is 0.321. The molecule has 0 aromatic heterocycles. The first kappa shape index (κ1) is 23.9. The molecule has 0 amide bonds. The topological polar surface area (TPSA) is 45.7 Å². The molecule has 1 aliphatic carbocycles. The third-order valence-electron chi connectivity index (χ3n) is 6.61. The van der Waals surface area contributed by atoms with E-state index < -0.39 is 0 Å². The molecule has 168 valence electrons. The molecule has 1 saturated heterocycles. The van der Waals surface area contributed by atoms with Gasteiger partial charge in [0.15, 0.2) is 5.96 Å². The van der Waals surface area contributed by atoms with Crippen LogP contribution in [-0.4, -0.2) is 39.3 Å². The molecule has 0 spiro atoms. The molecule has 0 bridgehead atoms. The zero-order valence-corrected chi connectivity index (χ0v) is 20.1. The second kappa shape index (κ2) is 10.3. The number of halogens is 3. The molecule has 31 heavy (non-hydrogen) atoms. The van der Waals surface area contributed by atoms with Gasteiger partial charge in [-0.3, -0.25) is 4.99 Å². The Balaban J connectivity index is 0.00000272. The first-order valence-corrected chi connectivity index (χ1v) is 10.6. The van der Waals surface area contributed by atoms with Crippen LogP contribution in [0.3, 0.4) is 0 Å². The summed E-state index contributed by atoms with van der Waals surface area (Å²) in [6.45, 7) is 2.78. The Kier molecular flexibility index (Phi) is 7.91. The fourth-order valence-corrected chi connectivity index (χ4v) is 4.40. The van der Waals surface area contributed by atoms with Crippen LogP contribution in [0.5, 0.6) is 0 Å². The van der Waals surface area contributed by atoms with Crippen LogP contribution in [0.4, 0.5) is 8.78 Å². The third-order valence-corrected chi connectivity index (χ3v) is 6.61. The Hall–Kier alpha value is -1.74. The Morgan fingerprint density at radius 1 is 0.871 bits per heavy atom. The summed E-state index contributed by atoms with van der Waals surface area (Å²) in [5, 5.41) is 6.90. The minimum Gasteiger partial charge on any atom is -0.381 e. The highest BCUT2D eigenvalue weighted by molar-refractivity contribution is 14.0. The van der Waals surface area contributed by atoms with Crippen molar-refractivity contribution in [3.8, 4) is 0 Å². The number of guanidine groups is 1. The standard InChI is InChI=1S/C24H29F2N3O.HI/c1-27-22(28-16-23(9-10-23)19-3-2-4-21(26)15-19)29-17-24(11-13-30-14-12-24)18-5-7-20(25)8-6-18;/h2-8,15H,9-14,16-17H2,1H3,(H2,27,28,29);1H. The summed E-state index contributed by atoms with van der Waals surface area (Å²) in [7, 11) is 1.76. The number of ether oxygens (including phenoxy) is 1. The maximum Gasteiger partial charge on any atom is 0.191 e. The molecule has 2 aromatic carbocycles. The van der Waals surface area contributed by atoms with E-state index >= 15 is 0 Å². The molecular weight excluding hydrogens is 511 g/mol. The lowest BCUT2D eigenvalue weighted by Crippen LogP contribution is -2.49. The van der Waals surface area contributed by atoms with Gasteiger partial charge in [-0.15, -0.1) is 24.0 Å². The minimum absolute atomic E-state index is 0. The van der Waals surface area contributed by atoms with E-state index in [1.807, 2.05) is 18.2 Å². The SMILES string of the molecule is CN=C(NCC1(c2ccc(F)cc2)CCOCC1)NCC1(c2cccc(F)c2)CC1.I. The molecular formula is C24H30F2IN3O. The number of rotatable bonds is 6. The van der Waals surface area contributed by atoms with Crippen LogP contribution in [0, 0.1) is 11.6 Å². The number of nitrogens with zero attached hydrogens (tertiary/aromatic N) is 1. The molecule has 7 heteroatoms. The normalized spacial score (nSPS) is 19.3.